The summed E-state index contributed by atoms with van der Waals surface area (Å²) in [5.74, 6) is 0. The molecule has 2 atom stereocenters. The van der Waals surface area contributed by atoms with Crippen LogP contribution in [0, 0.1) is 0 Å². The van der Waals surface area contributed by atoms with Gasteiger partial charge >= 0.3 is 0 Å². The van der Waals surface area contributed by atoms with Gasteiger partial charge < -0.3 is 15.5 Å². The highest BCUT2D eigenvalue weighted by Crippen LogP contribution is 2.01. The Kier molecular flexibility index (Phi) is 4.75. The molecule has 0 heterocycles. The Morgan fingerprint density at radius 3 is 2.17 bits per heavy atom. The van der Waals surface area contributed by atoms with Crippen molar-refractivity contribution >= 4 is 0 Å². The fourth-order valence-electron chi connectivity index (χ4n) is 1.02. The topological polar surface area (TPSA) is 52.5 Å². The molecule has 0 spiro atoms. The van der Waals surface area contributed by atoms with Gasteiger partial charge in [-0.15, -0.1) is 0 Å². The molecule has 0 radical (unpaired) electrons. The normalized spacial score (nSPS) is 17.5. The Labute approximate surface area is 74.8 Å². The lowest BCUT2D eigenvalue weighted by atomic mass is 10.1. The van der Waals surface area contributed by atoms with E-state index in [1.165, 1.54) is 0 Å². The minimum atomic E-state index is -0.674. The molecule has 0 saturated carbocycles. The van der Waals surface area contributed by atoms with Crippen LogP contribution in [0.5, 0.6) is 0 Å². The van der Waals surface area contributed by atoms with Gasteiger partial charge in [-0.1, -0.05) is 0 Å². The van der Waals surface area contributed by atoms with Gasteiger partial charge in [-0.2, -0.15) is 0 Å². The molecule has 12 heavy (non-hydrogen) atoms. The highest BCUT2D eigenvalue weighted by Gasteiger charge is 2.14. The summed E-state index contributed by atoms with van der Waals surface area (Å²) in [5.41, 5.74) is -0.674. The van der Waals surface area contributed by atoms with Crippen molar-refractivity contribution in [3.63, 3.8) is 0 Å². The van der Waals surface area contributed by atoms with Crippen molar-refractivity contribution in [2.75, 3.05) is 6.54 Å². The minimum Gasteiger partial charge on any atom is -0.393 e. The average molecular weight is 175 g/mol. The third-order valence-electron chi connectivity index (χ3n) is 1.58. The molecule has 0 fully saturated rings. The zero-order valence-electron chi connectivity index (χ0n) is 8.46. The molecule has 0 aliphatic rings. The van der Waals surface area contributed by atoms with Crippen molar-refractivity contribution in [3.05, 3.63) is 0 Å². The molecule has 3 nitrogen and oxygen atoms in total. The second-order valence-electron chi connectivity index (χ2n) is 4.18. The average Bonchev–Trinajstić information content (AvgIpc) is 1.80. The molecule has 0 aliphatic carbocycles. The summed E-state index contributed by atoms with van der Waals surface area (Å²) in [6.07, 6.45) is 0.435. The quantitative estimate of drug-likeness (QED) is 0.570. The molecule has 0 aromatic carbocycles. The molecule has 3 heteroatoms. The Bertz CT molecular complexity index is 118. The van der Waals surface area contributed by atoms with E-state index >= 15 is 0 Å². The first-order valence-corrected chi connectivity index (χ1v) is 4.45. The lowest BCUT2D eigenvalue weighted by molar-refractivity contribution is 0.0736. The van der Waals surface area contributed by atoms with Crippen LogP contribution in [-0.4, -0.2) is 34.5 Å². The van der Waals surface area contributed by atoms with Gasteiger partial charge in [0.1, 0.15) is 0 Å². The molecular weight excluding hydrogens is 154 g/mol. The number of aliphatic hydroxyl groups is 2. The second-order valence-corrected chi connectivity index (χ2v) is 4.18. The zero-order valence-corrected chi connectivity index (χ0v) is 8.46. The van der Waals surface area contributed by atoms with E-state index in [2.05, 4.69) is 5.32 Å². The van der Waals surface area contributed by atoms with Gasteiger partial charge in [-0.05, 0) is 34.1 Å². The largest absolute Gasteiger partial charge is 0.393 e. The third-order valence-corrected chi connectivity index (χ3v) is 1.58. The molecule has 0 bridgehead atoms. The standard InChI is InChI=1S/C9H21NO2/c1-7(5-8(2)11)10-6-9(3,4)12/h7-8,10-12H,5-6H2,1-4H3. The molecular formula is C9H21NO2. The molecule has 0 aliphatic heterocycles. The monoisotopic (exact) mass is 175 g/mol. The maximum absolute atomic E-state index is 9.38. The number of nitrogens with one attached hydrogen (secondary N) is 1. The molecule has 3 N–H and O–H groups in total. The van der Waals surface area contributed by atoms with Crippen molar-refractivity contribution in [1.82, 2.24) is 5.32 Å². The maximum Gasteiger partial charge on any atom is 0.0715 e. The number of hydrogen-bond donors (Lipinski definition) is 3. The van der Waals surface area contributed by atoms with Gasteiger partial charge in [-0.3, -0.25) is 0 Å². The predicted molar refractivity (Wildman–Crippen MR) is 50.1 cm³/mol. The van der Waals surface area contributed by atoms with Gasteiger partial charge in [0.05, 0.1) is 11.7 Å². The van der Waals surface area contributed by atoms with E-state index in [-0.39, 0.29) is 12.1 Å². The summed E-state index contributed by atoms with van der Waals surface area (Å²) < 4.78 is 0. The Morgan fingerprint density at radius 1 is 1.33 bits per heavy atom. The minimum absolute atomic E-state index is 0.247. The van der Waals surface area contributed by atoms with Crippen LogP contribution in [0.25, 0.3) is 0 Å². The molecule has 74 valence electrons. The van der Waals surface area contributed by atoms with E-state index in [0.29, 0.717) is 6.54 Å². The molecule has 0 amide bonds. The van der Waals surface area contributed by atoms with Crippen LogP contribution in [-0.2, 0) is 0 Å². The highest BCUT2D eigenvalue weighted by molar-refractivity contribution is 4.72. The van der Waals surface area contributed by atoms with Gasteiger partial charge in [0.25, 0.3) is 0 Å². The summed E-state index contributed by atoms with van der Waals surface area (Å²) in [7, 11) is 0. The van der Waals surface area contributed by atoms with Crippen molar-refractivity contribution in [2.24, 2.45) is 0 Å². The van der Waals surface area contributed by atoms with Gasteiger partial charge in [0.15, 0.2) is 0 Å². The Balaban J connectivity index is 3.51. The van der Waals surface area contributed by atoms with Gasteiger partial charge in [0.2, 0.25) is 0 Å². The molecule has 0 aromatic rings. The summed E-state index contributed by atoms with van der Waals surface area (Å²) in [5, 5.41) is 21.6. The second kappa shape index (κ2) is 4.80. The summed E-state index contributed by atoms with van der Waals surface area (Å²) >= 11 is 0. The Hall–Kier alpha value is -0.120. The van der Waals surface area contributed by atoms with Crippen LogP contribution >= 0.6 is 0 Å². The lowest BCUT2D eigenvalue weighted by Gasteiger charge is -2.22. The summed E-state index contributed by atoms with van der Waals surface area (Å²) in [6, 6.07) is 0.247. The summed E-state index contributed by atoms with van der Waals surface area (Å²) in [6.45, 7) is 7.84. The molecule has 2 unspecified atom stereocenters. The van der Waals surface area contributed by atoms with Crippen molar-refractivity contribution in [1.29, 1.82) is 0 Å². The SMILES string of the molecule is CC(O)CC(C)NCC(C)(C)O. The van der Waals surface area contributed by atoms with Crippen LogP contribution in [0.4, 0.5) is 0 Å². The zero-order chi connectivity index (χ0) is 9.78. The van der Waals surface area contributed by atoms with E-state index in [4.69, 9.17) is 5.11 Å². The fourth-order valence-corrected chi connectivity index (χ4v) is 1.02. The maximum atomic E-state index is 9.38. The van der Waals surface area contributed by atoms with Crippen LogP contribution in [0.2, 0.25) is 0 Å². The Morgan fingerprint density at radius 2 is 1.83 bits per heavy atom. The molecule has 0 aromatic heterocycles. The first kappa shape index (κ1) is 11.9. The van der Waals surface area contributed by atoms with E-state index < -0.39 is 5.60 Å². The highest BCUT2D eigenvalue weighted by atomic mass is 16.3. The lowest BCUT2D eigenvalue weighted by Crippen LogP contribution is -2.40. The van der Waals surface area contributed by atoms with Crippen molar-refractivity contribution in [2.45, 2.75) is 51.9 Å². The van der Waals surface area contributed by atoms with Gasteiger partial charge in [-0.25, -0.2) is 0 Å². The smallest absolute Gasteiger partial charge is 0.0715 e. The first-order valence-electron chi connectivity index (χ1n) is 4.45. The van der Waals surface area contributed by atoms with E-state index in [1.807, 2.05) is 6.92 Å². The molecule has 0 saturated heterocycles. The number of hydrogen-bond acceptors (Lipinski definition) is 3. The van der Waals surface area contributed by atoms with Crippen LogP contribution in [0.15, 0.2) is 0 Å². The number of rotatable bonds is 5. The number of aliphatic hydroxyl groups excluding tert-OH is 1. The van der Waals surface area contributed by atoms with Crippen LogP contribution in [0.1, 0.15) is 34.1 Å². The molecule has 0 rings (SSSR count). The van der Waals surface area contributed by atoms with E-state index in [9.17, 15) is 5.11 Å². The van der Waals surface area contributed by atoms with E-state index in [1.54, 1.807) is 20.8 Å². The van der Waals surface area contributed by atoms with Crippen LogP contribution < -0.4 is 5.32 Å². The first-order chi connectivity index (χ1) is 5.31. The van der Waals surface area contributed by atoms with E-state index in [0.717, 1.165) is 6.42 Å². The third kappa shape index (κ3) is 7.98. The van der Waals surface area contributed by atoms with Crippen molar-refractivity contribution in [3.8, 4) is 0 Å². The van der Waals surface area contributed by atoms with Crippen molar-refractivity contribution < 1.29 is 10.2 Å². The fraction of sp³-hybridized carbons (Fsp3) is 1.00. The van der Waals surface area contributed by atoms with Crippen LogP contribution in [0.3, 0.4) is 0 Å². The predicted octanol–water partition coefficient (Wildman–Crippen LogP) is 0.506. The summed E-state index contributed by atoms with van der Waals surface area (Å²) in [4.78, 5) is 0. The van der Waals surface area contributed by atoms with Gasteiger partial charge in [0, 0.05) is 12.6 Å².